The van der Waals surface area contributed by atoms with E-state index in [4.69, 9.17) is 10.2 Å². The Morgan fingerprint density at radius 2 is 2.20 bits per heavy atom. The number of nitrogens with one attached hydrogen (secondary N) is 1. The molecule has 0 radical (unpaired) electrons. The number of hydrogen-bond acceptors (Lipinski definition) is 5. The van der Waals surface area contributed by atoms with E-state index in [1.54, 1.807) is 19.1 Å². The SMILES string of the molecule is Cc1nnc(NC(=O)c2ccc(C)c(C#CCN)c2)o1. The van der Waals surface area contributed by atoms with Crippen molar-refractivity contribution in [1.29, 1.82) is 0 Å². The third-order valence-corrected chi connectivity index (χ3v) is 2.57. The van der Waals surface area contributed by atoms with Gasteiger partial charge in [-0.1, -0.05) is 23.0 Å². The predicted octanol–water partition coefficient (Wildman–Crippen LogP) is 1.25. The summed E-state index contributed by atoms with van der Waals surface area (Å²) in [6.45, 7) is 3.84. The molecule has 0 aliphatic heterocycles. The smallest absolute Gasteiger partial charge is 0.322 e. The van der Waals surface area contributed by atoms with Gasteiger partial charge in [0.15, 0.2) is 0 Å². The molecule has 0 aliphatic carbocycles. The van der Waals surface area contributed by atoms with E-state index in [2.05, 4.69) is 27.4 Å². The van der Waals surface area contributed by atoms with Crippen LogP contribution in [0.2, 0.25) is 0 Å². The van der Waals surface area contributed by atoms with Crippen LogP contribution in [0.1, 0.15) is 27.4 Å². The average molecular weight is 270 g/mol. The topological polar surface area (TPSA) is 94.0 Å². The van der Waals surface area contributed by atoms with Gasteiger partial charge in [-0.3, -0.25) is 10.1 Å². The number of nitrogens with two attached hydrogens (primary N) is 1. The molecule has 102 valence electrons. The second kappa shape index (κ2) is 5.99. The molecule has 0 fully saturated rings. The Balaban J connectivity index is 2.22. The Kier molecular flexibility index (Phi) is 4.13. The van der Waals surface area contributed by atoms with Gasteiger partial charge in [-0.15, -0.1) is 5.10 Å². The lowest BCUT2D eigenvalue weighted by molar-refractivity contribution is 0.102. The van der Waals surface area contributed by atoms with Crippen LogP contribution in [-0.4, -0.2) is 22.6 Å². The van der Waals surface area contributed by atoms with E-state index in [9.17, 15) is 4.79 Å². The van der Waals surface area contributed by atoms with Gasteiger partial charge in [0.05, 0.1) is 6.54 Å². The maximum atomic E-state index is 12.0. The van der Waals surface area contributed by atoms with Crippen LogP contribution >= 0.6 is 0 Å². The summed E-state index contributed by atoms with van der Waals surface area (Å²) in [7, 11) is 0. The molecule has 0 saturated heterocycles. The first-order chi connectivity index (χ1) is 9.60. The van der Waals surface area contributed by atoms with Crippen LogP contribution in [0.5, 0.6) is 0 Å². The monoisotopic (exact) mass is 270 g/mol. The van der Waals surface area contributed by atoms with Crippen LogP contribution in [0.15, 0.2) is 22.6 Å². The highest BCUT2D eigenvalue weighted by Gasteiger charge is 2.11. The summed E-state index contributed by atoms with van der Waals surface area (Å²) >= 11 is 0. The lowest BCUT2D eigenvalue weighted by Gasteiger charge is -2.03. The molecule has 0 aliphatic rings. The Bertz CT molecular complexity index is 695. The molecular formula is C14H14N4O2. The van der Waals surface area contributed by atoms with E-state index in [-0.39, 0.29) is 18.5 Å². The first kappa shape index (κ1) is 13.8. The third kappa shape index (κ3) is 3.22. The van der Waals surface area contributed by atoms with Crippen molar-refractivity contribution in [2.75, 3.05) is 11.9 Å². The van der Waals surface area contributed by atoms with E-state index < -0.39 is 0 Å². The van der Waals surface area contributed by atoms with Gasteiger partial charge in [-0.2, -0.15) is 0 Å². The van der Waals surface area contributed by atoms with E-state index in [1.165, 1.54) is 0 Å². The fourth-order valence-corrected chi connectivity index (χ4v) is 1.56. The molecule has 1 amide bonds. The highest BCUT2D eigenvalue weighted by molar-refractivity contribution is 6.03. The Hall–Kier alpha value is -2.65. The first-order valence-corrected chi connectivity index (χ1v) is 6.01. The van der Waals surface area contributed by atoms with Gasteiger partial charge in [0.2, 0.25) is 5.89 Å². The number of rotatable bonds is 2. The van der Waals surface area contributed by atoms with Gasteiger partial charge in [-0.25, -0.2) is 0 Å². The largest absolute Gasteiger partial charge is 0.408 e. The summed E-state index contributed by atoms with van der Waals surface area (Å²) in [5.41, 5.74) is 7.56. The summed E-state index contributed by atoms with van der Waals surface area (Å²) in [5, 5.41) is 9.88. The molecule has 0 spiro atoms. The number of amides is 1. The van der Waals surface area contributed by atoms with Crippen molar-refractivity contribution in [3.05, 3.63) is 40.8 Å². The van der Waals surface area contributed by atoms with E-state index in [0.29, 0.717) is 11.5 Å². The number of carbonyl (C=O) groups is 1. The number of anilines is 1. The number of carbonyl (C=O) groups excluding carboxylic acids is 1. The quantitative estimate of drug-likeness (QED) is 0.801. The summed E-state index contributed by atoms with van der Waals surface area (Å²) in [5.74, 6) is 5.76. The Morgan fingerprint density at radius 3 is 2.85 bits per heavy atom. The average Bonchev–Trinajstić information content (AvgIpc) is 2.83. The minimum Gasteiger partial charge on any atom is -0.408 e. The first-order valence-electron chi connectivity index (χ1n) is 6.01. The number of aryl methyl sites for hydroxylation is 2. The lowest BCUT2D eigenvalue weighted by Crippen LogP contribution is -2.12. The van der Waals surface area contributed by atoms with Crippen LogP contribution in [0, 0.1) is 25.7 Å². The molecule has 1 aromatic heterocycles. The standard InChI is InChI=1S/C14H14N4O2/c1-9-5-6-12(8-11(9)4-3-7-15)13(19)16-14-18-17-10(2)20-14/h5-6,8H,7,15H2,1-2H3,(H,16,18,19). The highest BCUT2D eigenvalue weighted by Crippen LogP contribution is 2.12. The van der Waals surface area contributed by atoms with Crippen LogP contribution in [0.25, 0.3) is 0 Å². The zero-order valence-electron chi connectivity index (χ0n) is 11.2. The van der Waals surface area contributed by atoms with Crippen molar-refractivity contribution in [2.24, 2.45) is 5.73 Å². The van der Waals surface area contributed by atoms with E-state index >= 15 is 0 Å². The van der Waals surface area contributed by atoms with Gasteiger partial charge in [-0.05, 0) is 24.6 Å². The number of benzene rings is 1. The van der Waals surface area contributed by atoms with Crippen LogP contribution in [0.4, 0.5) is 6.01 Å². The Labute approximate surface area is 116 Å². The van der Waals surface area contributed by atoms with Crippen molar-refractivity contribution in [2.45, 2.75) is 13.8 Å². The fraction of sp³-hybridized carbons (Fsp3) is 0.214. The van der Waals surface area contributed by atoms with Crippen molar-refractivity contribution in [1.82, 2.24) is 10.2 Å². The van der Waals surface area contributed by atoms with Gasteiger partial charge in [0.1, 0.15) is 0 Å². The van der Waals surface area contributed by atoms with Crippen molar-refractivity contribution < 1.29 is 9.21 Å². The molecule has 2 rings (SSSR count). The minimum absolute atomic E-state index is 0.0719. The molecule has 0 bridgehead atoms. The molecule has 20 heavy (non-hydrogen) atoms. The maximum absolute atomic E-state index is 12.0. The van der Waals surface area contributed by atoms with Crippen molar-refractivity contribution in [3.8, 4) is 11.8 Å². The number of aromatic nitrogens is 2. The number of hydrogen-bond donors (Lipinski definition) is 2. The lowest BCUT2D eigenvalue weighted by atomic mass is 10.0. The molecule has 6 heteroatoms. The molecule has 1 aromatic carbocycles. The van der Waals surface area contributed by atoms with Crippen LogP contribution in [-0.2, 0) is 0 Å². The predicted molar refractivity (Wildman–Crippen MR) is 74.1 cm³/mol. The van der Waals surface area contributed by atoms with Gasteiger partial charge >= 0.3 is 6.01 Å². The zero-order chi connectivity index (χ0) is 14.5. The van der Waals surface area contributed by atoms with Gasteiger partial charge in [0.25, 0.3) is 5.91 Å². The molecule has 1 heterocycles. The molecule has 6 nitrogen and oxygen atoms in total. The van der Waals surface area contributed by atoms with Gasteiger partial charge in [0, 0.05) is 18.1 Å². The minimum atomic E-state index is -0.329. The van der Waals surface area contributed by atoms with Crippen LogP contribution < -0.4 is 11.1 Å². The summed E-state index contributed by atoms with van der Waals surface area (Å²) < 4.78 is 5.10. The van der Waals surface area contributed by atoms with Crippen molar-refractivity contribution in [3.63, 3.8) is 0 Å². The second-order valence-corrected chi connectivity index (χ2v) is 4.12. The molecule has 0 saturated carbocycles. The fourth-order valence-electron chi connectivity index (χ4n) is 1.56. The van der Waals surface area contributed by atoms with E-state index in [0.717, 1.165) is 11.1 Å². The second-order valence-electron chi connectivity index (χ2n) is 4.12. The normalized spacial score (nSPS) is 9.75. The molecule has 0 atom stereocenters. The molecule has 0 unspecified atom stereocenters. The third-order valence-electron chi connectivity index (χ3n) is 2.57. The molecular weight excluding hydrogens is 256 g/mol. The highest BCUT2D eigenvalue weighted by atomic mass is 16.4. The van der Waals surface area contributed by atoms with E-state index in [1.807, 2.05) is 13.0 Å². The summed E-state index contributed by atoms with van der Waals surface area (Å²) in [6, 6.07) is 5.31. The zero-order valence-corrected chi connectivity index (χ0v) is 11.2. The summed E-state index contributed by atoms with van der Waals surface area (Å²) in [6.07, 6.45) is 0. The van der Waals surface area contributed by atoms with Crippen LogP contribution in [0.3, 0.4) is 0 Å². The number of nitrogens with zero attached hydrogens (tertiary/aromatic N) is 2. The van der Waals surface area contributed by atoms with Gasteiger partial charge < -0.3 is 10.2 Å². The van der Waals surface area contributed by atoms with Crippen molar-refractivity contribution >= 4 is 11.9 Å². The molecule has 3 N–H and O–H groups in total. The maximum Gasteiger partial charge on any atom is 0.322 e. The summed E-state index contributed by atoms with van der Waals surface area (Å²) in [4.78, 5) is 12.0. The Morgan fingerprint density at radius 1 is 1.40 bits per heavy atom. The molecule has 2 aromatic rings.